The van der Waals surface area contributed by atoms with E-state index in [-0.39, 0.29) is 19.1 Å². The second-order valence-electron chi connectivity index (χ2n) is 22.4. The molecule has 0 saturated carbocycles. The Kier molecular flexibility index (Phi) is 53.1. The van der Waals surface area contributed by atoms with Crippen molar-refractivity contribution in [2.24, 2.45) is 0 Å². The average molecular weight is 1030 g/mol. The molecule has 3 atom stereocenters. The third-order valence-electron chi connectivity index (χ3n) is 14.0. The summed E-state index contributed by atoms with van der Waals surface area (Å²) >= 11 is 0. The Morgan fingerprint density at radius 2 is 0.764 bits per heavy atom. The van der Waals surface area contributed by atoms with Crippen LogP contribution in [0.15, 0.2) is 48.6 Å². The Hall–Kier alpha value is -1.54. The molecule has 0 spiro atoms. The van der Waals surface area contributed by atoms with Crippen molar-refractivity contribution in [2.45, 2.75) is 309 Å². The number of phosphoric acid groups is 1. The van der Waals surface area contributed by atoms with Crippen LogP contribution in [0.4, 0.5) is 0 Å². The maximum atomic E-state index is 13.0. The summed E-state index contributed by atoms with van der Waals surface area (Å²) in [5.74, 6) is -0.188. The van der Waals surface area contributed by atoms with E-state index >= 15 is 0 Å². The topological polar surface area (TPSA) is 105 Å². The van der Waals surface area contributed by atoms with Crippen LogP contribution in [-0.4, -0.2) is 73.4 Å². The van der Waals surface area contributed by atoms with Crippen LogP contribution in [-0.2, 0) is 18.4 Å². The molecule has 0 bridgehead atoms. The monoisotopic (exact) mass is 1030 g/mol. The Bertz CT molecular complexity index is 1310. The van der Waals surface area contributed by atoms with Crippen LogP contribution in [0.3, 0.4) is 0 Å². The second kappa shape index (κ2) is 54.3. The SMILES string of the molecule is CCCCCCCCCCC/C=C/CC/C=C/CC/C=C/C(O)C(COP(=O)(O)OCC[N+](C)(C)C)NC(=O)CCCCCCCCCCCCCCCCC/C=C\CCCCCCCCCCCCCC. The van der Waals surface area contributed by atoms with Gasteiger partial charge in [-0.1, -0.05) is 268 Å². The third kappa shape index (κ3) is 56.2. The zero-order valence-corrected chi connectivity index (χ0v) is 49.3. The lowest BCUT2D eigenvalue weighted by Crippen LogP contribution is -2.45. The van der Waals surface area contributed by atoms with Gasteiger partial charge in [-0.2, -0.15) is 0 Å². The van der Waals surface area contributed by atoms with Gasteiger partial charge in [-0.25, -0.2) is 4.57 Å². The van der Waals surface area contributed by atoms with E-state index in [0.717, 1.165) is 44.9 Å². The van der Waals surface area contributed by atoms with Crippen molar-refractivity contribution in [3.63, 3.8) is 0 Å². The number of likely N-dealkylation sites (N-methyl/N-ethyl adjacent to an activating group) is 1. The molecule has 0 aromatic carbocycles. The average Bonchev–Trinajstić information content (AvgIpc) is 3.34. The molecule has 3 unspecified atom stereocenters. The fourth-order valence-corrected chi connectivity index (χ4v) is 9.87. The van der Waals surface area contributed by atoms with Crippen molar-refractivity contribution < 1.29 is 32.9 Å². The number of aliphatic hydroxyl groups is 1. The lowest BCUT2D eigenvalue weighted by molar-refractivity contribution is -0.870. The number of carbonyl (C=O) groups excluding carboxylic acids is 1. The van der Waals surface area contributed by atoms with Gasteiger partial charge in [-0.15, -0.1) is 0 Å². The summed E-state index contributed by atoms with van der Waals surface area (Å²) < 4.78 is 23.7. The number of carbonyl (C=O) groups is 1. The van der Waals surface area contributed by atoms with Crippen molar-refractivity contribution in [2.75, 3.05) is 40.9 Å². The van der Waals surface area contributed by atoms with Gasteiger partial charge in [0.05, 0.1) is 39.9 Å². The first-order valence-electron chi connectivity index (χ1n) is 31.0. The zero-order chi connectivity index (χ0) is 52.7. The van der Waals surface area contributed by atoms with Crippen molar-refractivity contribution in [3.8, 4) is 0 Å². The number of amides is 1. The summed E-state index contributed by atoms with van der Waals surface area (Å²) in [4.78, 5) is 23.3. The van der Waals surface area contributed by atoms with Gasteiger partial charge in [-0.05, 0) is 70.6 Å². The van der Waals surface area contributed by atoms with Crippen molar-refractivity contribution in [1.29, 1.82) is 0 Å². The van der Waals surface area contributed by atoms with E-state index in [1.165, 1.54) is 231 Å². The third-order valence-corrected chi connectivity index (χ3v) is 15.0. The molecular weight excluding hydrogens is 912 g/mol. The van der Waals surface area contributed by atoms with Crippen LogP contribution in [0.1, 0.15) is 296 Å². The van der Waals surface area contributed by atoms with Gasteiger partial charge in [0.25, 0.3) is 0 Å². The van der Waals surface area contributed by atoms with E-state index < -0.39 is 20.0 Å². The molecule has 0 aliphatic heterocycles. The molecule has 0 radical (unpaired) electrons. The molecule has 8 nitrogen and oxygen atoms in total. The van der Waals surface area contributed by atoms with E-state index in [9.17, 15) is 19.4 Å². The Balaban J connectivity index is 4.13. The molecular formula is C63H122N2O6P+. The maximum Gasteiger partial charge on any atom is 0.472 e. The number of nitrogens with zero attached hydrogens (tertiary/aromatic N) is 1. The molecule has 0 saturated heterocycles. The number of nitrogens with one attached hydrogen (secondary N) is 1. The summed E-state index contributed by atoms with van der Waals surface area (Å²) in [5.41, 5.74) is 0. The number of aliphatic hydroxyl groups excluding tert-OH is 1. The Morgan fingerprint density at radius 1 is 0.458 bits per heavy atom. The van der Waals surface area contributed by atoms with Crippen LogP contribution in [0.2, 0.25) is 0 Å². The molecule has 3 N–H and O–H groups in total. The van der Waals surface area contributed by atoms with Gasteiger partial charge in [0, 0.05) is 6.42 Å². The van der Waals surface area contributed by atoms with Crippen molar-refractivity contribution >= 4 is 13.7 Å². The predicted octanol–water partition coefficient (Wildman–Crippen LogP) is 19.1. The minimum absolute atomic E-state index is 0.0538. The smallest absolute Gasteiger partial charge is 0.387 e. The summed E-state index contributed by atoms with van der Waals surface area (Å²) in [6, 6.07) is -0.870. The number of hydrogen-bond acceptors (Lipinski definition) is 5. The van der Waals surface area contributed by atoms with Crippen LogP contribution < -0.4 is 5.32 Å². The summed E-state index contributed by atoms with van der Waals surface area (Å²) in [5, 5.41) is 13.9. The highest BCUT2D eigenvalue weighted by Gasteiger charge is 2.27. The first-order valence-corrected chi connectivity index (χ1v) is 32.5. The van der Waals surface area contributed by atoms with Crippen molar-refractivity contribution in [3.05, 3.63) is 48.6 Å². The predicted molar refractivity (Wildman–Crippen MR) is 314 cm³/mol. The van der Waals surface area contributed by atoms with E-state index in [1.54, 1.807) is 6.08 Å². The van der Waals surface area contributed by atoms with Crippen LogP contribution in [0.25, 0.3) is 0 Å². The Labute approximate surface area is 448 Å². The first-order chi connectivity index (χ1) is 35.0. The van der Waals surface area contributed by atoms with Crippen LogP contribution in [0.5, 0.6) is 0 Å². The van der Waals surface area contributed by atoms with E-state index in [0.29, 0.717) is 17.4 Å². The highest BCUT2D eigenvalue weighted by Crippen LogP contribution is 2.43. The van der Waals surface area contributed by atoms with Gasteiger partial charge < -0.3 is 19.8 Å². The van der Waals surface area contributed by atoms with Gasteiger partial charge >= 0.3 is 7.82 Å². The molecule has 1 amide bonds. The van der Waals surface area contributed by atoms with Crippen LogP contribution in [0, 0.1) is 0 Å². The van der Waals surface area contributed by atoms with E-state index in [4.69, 9.17) is 9.05 Å². The molecule has 0 fully saturated rings. The van der Waals surface area contributed by atoms with Gasteiger partial charge in [0.15, 0.2) is 0 Å². The molecule has 9 heteroatoms. The number of hydrogen-bond donors (Lipinski definition) is 3. The van der Waals surface area contributed by atoms with Crippen LogP contribution >= 0.6 is 7.82 Å². The lowest BCUT2D eigenvalue weighted by Gasteiger charge is -2.25. The fraction of sp³-hybridized carbons (Fsp3) is 0.857. The largest absolute Gasteiger partial charge is 0.472 e. The number of allylic oxidation sites excluding steroid dienone is 7. The minimum Gasteiger partial charge on any atom is -0.387 e. The minimum atomic E-state index is -4.36. The zero-order valence-electron chi connectivity index (χ0n) is 48.4. The van der Waals surface area contributed by atoms with Gasteiger partial charge in [-0.3, -0.25) is 13.8 Å². The summed E-state index contributed by atoms with van der Waals surface area (Å²) in [7, 11) is 1.55. The molecule has 0 heterocycles. The summed E-state index contributed by atoms with van der Waals surface area (Å²) in [6.07, 6.45) is 72.4. The summed E-state index contributed by atoms with van der Waals surface area (Å²) in [6.45, 7) is 4.82. The molecule has 0 aromatic heterocycles. The highest BCUT2D eigenvalue weighted by atomic mass is 31.2. The molecule has 0 aliphatic rings. The quantitative estimate of drug-likeness (QED) is 0.0243. The fourth-order valence-electron chi connectivity index (χ4n) is 9.13. The molecule has 424 valence electrons. The second-order valence-corrected chi connectivity index (χ2v) is 23.9. The molecule has 0 rings (SSSR count). The van der Waals surface area contributed by atoms with E-state index in [2.05, 4.69) is 55.6 Å². The number of unbranched alkanes of at least 4 members (excludes halogenated alkanes) is 38. The highest BCUT2D eigenvalue weighted by molar-refractivity contribution is 7.47. The standard InChI is InChI=1S/C63H121N2O6P/c1-6-8-10-12-14-16-18-20-22-24-26-27-28-29-30-31-32-33-34-35-36-37-39-41-43-45-47-49-51-53-55-57-63(67)64-61(60-71-72(68,69)70-59-58-65(3,4)5)62(66)56-54-52-50-48-46-44-42-40-38-25-23-21-19-17-15-13-11-9-7-2/h29-30,38,40,46,48,54,56,61-62,66H,6-28,31-37,39,41-45,47,49-53,55,57-60H2,1-5H3,(H-,64,67,68,69)/p+1/b30-29-,40-38+,48-46+,56-54+. The molecule has 0 aliphatic carbocycles. The van der Waals surface area contributed by atoms with Gasteiger partial charge in [0.2, 0.25) is 5.91 Å². The maximum absolute atomic E-state index is 13.0. The lowest BCUT2D eigenvalue weighted by atomic mass is 10.0. The number of quaternary nitrogens is 1. The first kappa shape index (κ1) is 70.5. The number of phosphoric ester groups is 1. The van der Waals surface area contributed by atoms with Crippen molar-refractivity contribution in [1.82, 2.24) is 5.32 Å². The normalized spacial score (nSPS) is 14.2. The van der Waals surface area contributed by atoms with E-state index in [1.807, 2.05) is 27.2 Å². The Morgan fingerprint density at radius 3 is 1.11 bits per heavy atom. The number of rotatable bonds is 57. The molecule has 72 heavy (non-hydrogen) atoms. The molecule has 0 aromatic rings. The van der Waals surface area contributed by atoms with Gasteiger partial charge in [0.1, 0.15) is 13.2 Å².